The molecule has 0 N–H and O–H groups in total. The largest absolute Gasteiger partial charge is 0.381 e. The van der Waals surface area contributed by atoms with Gasteiger partial charge in [-0.2, -0.15) is 0 Å². The Balaban J connectivity index is 2.00. The van der Waals surface area contributed by atoms with Crippen LogP contribution in [0.2, 0.25) is 0 Å². The van der Waals surface area contributed by atoms with Crippen LogP contribution in [0.4, 0.5) is 0 Å². The molecule has 0 aromatic heterocycles. The van der Waals surface area contributed by atoms with Crippen molar-refractivity contribution < 1.29 is 4.74 Å². The van der Waals surface area contributed by atoms with Crippen LogP contribution in [0.25, 0.3) is 0 Å². The van der Waals surface area contributed by atoms with E-state index in [1.807, 2.05) is 7.11 Å². The number of fused-ring (bicyclic) bond motifs is 1. The fourth-order valence-corrected chi connectivity index (χ4v) is 6.10. The number of methoxy groups -OCH3 is 1. The van der Waals surface area contributed by atoms with Crippen molar-refractivity contribution >= 4 is 0 Å². The van der Waals surface area contributed by atoms with Gasteiger partial charge in [-0.15, -0.1) is 0 Å². The maximum Gasteiger partial charge on any atom is 0.0605 e. The summed E-state index contributed by atoms with van der Waals surface area (Å²) in [6.07, 6.45) is 6.22. The van der Waals surface area contributed by atoms with Crippen LogP contribution in [0, 0.1) is 34.5 Å². The molecule has 17 heavy (non-hydrogen) atoms. The lowest BCUT2D eigenvalue weighted by atomic mass is 9.65. The first-order valence-corrected chi connectivity index (χ1v) is 7.46. The van der Waals surface area contributed by atoms with E-state index in [2.05, 4.69) is 27.7 Å². The van der Waals surface area contributed by atoms with Gasteiger partial charge < -0.3 is 4.74 Å². The van der Waals surface area contributed by atoms with Crippen molar-refractivity contribution in [1.29, 1.82) is 0 Å². The van der Waals surface area contributed by atoms with Crippen molar-refractivity contribution in [2.24, 2.45) is 34.5 Å². The summed E-state index contributed by atoms with van der Waals surface area (Å²) in [7, 11) is 1.91. The van der Waals surface area contributed by atoms with Gasteiger partial charge in [-0.1, -0.05) is 27.7 Å². The lowest BCUT2D eigenvalue weighted by Crippen LogP contribution is -2.34. The third kappa shape index (κ3) is 1.30. The fraction of sp³-hybridized carbons (Fsp3) is 1.00. The zero-order valence-corrected chi connectivity index (χ0v) is 12.1. The van der Waals surface area contributed by atoms with Crippen molar-refractivity contribution in [2.45, 2.75) is 59.5 Å². The summed E-state index contributed by atoms with van der Waals surface area (Å²) in [5.41, 5.74) is 1.17. The monoisotopic (exact) mass is 236 g/mol. The average molecular weight is 236 g/mol. The molecule has 3 aliphatic carbocycles. The summed E-state index contributed by atoms with van der Waals surface area (Å²) in [4.78, 5) is 0. The van der Waals surface area contributed by atoms with E-state index in [1.165, 1.54) is 25.7 Å². The molecular formula is C16H28O. The maximum absolute atomic E-state index is 5.77. The number of hydrogen-bond acceptors (Lipinski definition) is 1. The van der Waals surface area contributed by atoms with Gasteiger partial charge in [0.1, 0.15) is 0 Å². The molecule has 3 saturated carbocycles. The second kappa shape index (κ2) is 3.50. The van der Waals surface area contributed by atoms with Gasteiger partial charge in [0.25, 0.3) is 0 Å². The SMILES string of the molecule is COC1C[C@H]2C(C)(C)[C@H]3C[C@]2(CC[C@H]3C)[C@H]1C. The molecule has 3 rings (SSSR count). The minimum absolute atomic E-state index is 0.522. The summed E-state index contributed by atoms with van der Waals surface area (Å²) < 4.78 is 5.77. The Morgan fingerprint density at radius 1 is 1.18 bits per heavy atom. The topological polar surface area (TPSA) is 9.23 Å². The minimum atomic E-state index is 0.522. The highest BCUT2D eigenvalue weighted by Crippen LogP contribution is 2.72. The third-order valence-corrected chi connectivity index (χ3v) is 7.13. The lowest BCUT2D eigenvalue weighted by molar-refractivity contribution is 0.0183. The number of rotatable bonds is 1. The Morgan fingerprint density at radius 2 is 1.88 bits per heavy atom. The zero-order valence-electron chi connectivity index (χ0n) is 12.1. The van der Waals surface area contributed by atoms with Crippen molar-refractivity contribution in [3.8, 4) is 0 Å². The summed E-state index contributed by atoms with van der Waals surface area (Å²) >= 11 is 0. The van der Waals surface area contributed by atoms with Gasteiger partial charge in [-0.05, 0) is 60.2 Å². The predicted molar refractivity (Wildman–Crippen MR) is 70.8 cm³/mol. The molecule has 1 spiro atoms. The second-order valence-electron chi connectivity index (χ2n) is 7.73. The molecule has 3 fully saturated rings. The third-order valence-electron chi connectivity index (χ3n) is 7.13. The highest BCUT2D eigenvalue weighted by molar-refractivity contribution is 5.15. The van der Waals surface area contributed by atoms with Crippen LogP contribution < -0.4 is 0 Å². The molecule has 6 atom stereocenters. The van der Waals surface area contributed by atoms with Crippen LogP contribution >= 0.6 is 0 Å². The Morgan fingerprint density at radius 3 is 2.53 bits per heavy atom. The van der Waals surface area contributed by atoms with Crippen molar-refractivity contribution in [1.82, 2.24) is 0 Å². The Hall–Kier alpha value is -0.0400. The van der Waals surface area contributed by atoms with Gasteiger partial charge >= 0.3 is 0 Å². The van der Waals surface area contributed by atoms with Crippen LogP contribution in [-0.4, -0.2) is 13.2 Å². The summed E-state index contributed by atoms with van der Waals surface area (Å²) in [6, 6.07) is 0. The molecule has 1 heteroatoms. The van der Waals surface area contributed by atoms with E-state index in [0.29, 0.717) is 16.9 Å². The zero-order chi connectivity index (χ0) is 12.4. The van der Waals surface area contributed by atoms with Crippen LogP contribution in [0.5, 0.6) is 0 Å². The van der Waals surface area contributed by atoms with Crippen molar-refractivity contribution in [3.63, 3.8) is 0 Å². The first-order valence-electron chi connectivity index (χ1n) is 7.46. The molecule has 98 valence electrons. The van der Waals surface area contributed by atoms with E-state index >= 15 is 0 Å². The minimum Gasteiger partial charge on any atom is -0.381 e. The molecule has 0 aromatic rings. The molecule has 0 heterocycles. The van der Waals surface area contributed by atoms with Gasteiger partial charge in [0.2, 0.25) is 0 Å². The number of hydrogen-bond donors (Lipinski definition) is 0. The van der Waals surface area contributed by atoms with Crippen molar-refractivity contribution in [3.05, 3.63) is 0 Å². The van der Waals surface area contributed by atoms with E-state index in [4.69, 9.17) is 4.74 Å². The fourth-order valence-electron chi connectivity index (χ4n) is 6.10. The second-order valence-corrected chi connectivity index (χ2v) is 7.73. The van der Waals surface area contributed by atoms with E-state index in [1.54, 1.807) is 0 Å². The molecule has 3 aliphatic rings. The molecule has 0 amide bonds. The Bertz CT molecular complexity index is 321. The average Bonchev–Trinajstić information content (AvgIpc) is 2.66. The van der Waals surface area contributed by atoms with Crippen LogP contribution in [0.3, 0.4) is 0 Å². The number of ether oxygens (including phenoxy) is 1. The Labute approximate surface area is 106 Å². The molecule has 0 aromatic carbocycles. The van der Waals surface area contributed by atoms with E-state index in [0.717, 1.165) is 23.7 Å². The van der Waals surface area contributed by atoms with Crippen LogP contribution in [0.1, 0.15) is 53.4 Å². The van der Waals surface area contributed by atoms with Crippen molar-refractivity contribution in [2.75, 3.05) is 7.11 Å². The van der Waals surface area contributed by atoms with E-state index in [-0.39, 0.29) is 0 Å². The molecule has 2 bridgehead atoms. The molecule has 1 nitrogen and oxygen atoms in total. The first-order chi connectivity index (χ1) is 7.93. The van der Waals surface area contributed by atoms with E-state index in [9.17, 15) is 0 Å². The molecule has 0 aliphatic heterocycles. The Kier molecular flexibility index (Phi) is 2.47. The smallest absolute Gasteiger partial charge is 0.0605 e. The quantitative estimate of drug-likeness (QED) is 0.665. The van der Waals surface area contributed by atoms with Crippen LogP contribution in [-0.2, 0) is 4.74 Å². The summed E-state index contributed by atoms with van der Waals surface area (Å²) in [5.74, 6) is 3.58. The highest BCUT2D eigenvalue weighted by Gasteiger charge is 2.66. The van der Waals surface area contributed by atoms with Gasteiger partial charge in [0.05, 0.1) is 6.10 Å². The summed E-state index contributed by atoms with van der Waals surface area (Å²) in [5, 5.41) is 0. The van der Waals surface area contributed by atoms with Gasteiger partial charge in [-0.3, -0.25) is 0 Å². The normalized spacial score (nSPS) is 55.9. The summed E-state index contributed by atoms with van der Waals surface area (Å²) in [6.45, 7) is 10.0. The van der Waals surface area contributed by atoms with E-state index < -0.39 is 0 Å². The molecule has 0 radical (unpaired) electrons. The van der Waals surface area contributed by atoms with Gasteiger partial charge in [-0.25, -0.2) is 0 Å². The van der Waals surface area contributed by atoms with Gasteiger partial charge in [0, 0.05) is 7.11 Å². The van der Waals surface area contributed by atoms with Crippen LogP contribution in [0.15, 0.2) is 0 Å². The molecular weight excluding hydrogens is 208 g/mol. The lowest BCUT2D eigenvalue weighted by Gasteiger charge is -2.40. The van der Waals surface area contributed by atoms with Gasteiger partial charge in [0.15, 0.2) is 0 Å². The highest BCUT2D eigenvalue weighted by atomic mass is 16.5. The molecule has 1 unspecified atom stereocenters. The molecule has 0 saturated heterocycles. The maximum atomic E-state index is 5.77. The first kappa shape index (κ1) is 12.0. The predicted octanol–water partition coefficient (Wildman–Crippen LogP) is 4.12. The standard InChI is InChI=1S/C16H28O/c1-10-6-7-16-9-12(10)15(3,4)14(16)8-13(17-5)11(16)2/h10-14H,6-9H2,1-5H3/t10-,11+,12+,13?,14+,16-/m1/s1.